The zero-order valence-electron chi connectivity index (χ0n) is 18.4. The van der Waals surface area contributed by atoms with Crippen LogP contribution < -0.4 is 10.1 Å². The molecule has 2 heterocycles. The van der Waals surface area contributed by atoms with Crippen LogP contribution >= 0.6 is 0 Å². The molecule has 0 atom stereocenters. The second kappa shape index (κ2) is 7.87. The largest absolute Gasteiger partial charge is 0.457 e. The number of ether oxygens (including phenoxy) is 1. The second-order valence-corrected chi connectivity index (χ2v) is 8.64. The predicted octanol–water partition coefficient (Wildman–Crippen LogP) is 6.00. The van der Waals surface area contributed by atoms with Crippen molar-refractivity contribution in [1.82, 2.24) is 14.5 Å². The van der Waals surface area contributed by atoms with Gasteiger partial charge in [0, 0.05) is 38.0 Å². The Morgan fingerprint density at radius 2 is 1.81 bits per heavy atom. The summed E-state index contributed by atoms with van der Waals surface area (Å²) in [6.45, 7) is 8.08. The van der Waals surface area contributed by atoms with Gasteiger partial charge in [-0.3, -0.25) is 9.78 Å². The molecule has 0 unspecified atom stereocenters. The number of benzene rings is 2. The number of aryl methyl sites for hydroxylation is 1. The van der Waals surface area contributed by atoms with E-state index in [1.54, 1.807) is 18.3 Å². The van der Waals surface area contributed by atoms with Gasteiger partial charge in [0.2, 0.25) is 5.95 Å². The summed E-state index contributed by atoms with van der Waals surface area (Å²) in [6.07, 6.45) is 1.57. The van der Waals surface area contributed by atoms with E-state index < -0.39 is 0 Å². The maximum atomic E-state index is 11.6. The number of nitrogens with zero attached hydrogens (tertiary/aromatic N) is 3. The number of aromatic nitrogens is 3. The molecule has 0 aliphatic carbocycles. The van der Waals surface area contributed by atoms with E-state index in [0.717, 1.165) is 22.7 Å². The minimum atomic E-state index is -0.100. The zero-order chi connectivity index (χ0) is 22.2. The first-order chi connectivity index (χ1) is 14.7. The Morgan fingerprint density at radius 1 is 1.03 bits per heavy atom. The molecular weight excluding hydrogens is 388 g/mol. The summed E-state index contributed by atoms with van der Waals surface area (Å²) in [5, 5.41) is 3.43. The molecule has 2 aromatic heterocycles. The normalized spacial score (nSPS) is 11.5. The number of hydrogen-bond acceptors (Lipinski definition) is 5. The van der Waals surface area contributed by atoms with Gasteiger partial charge in [-0.25, -0.2) is 4.98 Å². The highest BCUT2D eigenvalue weighted by molar-refractivity contribution is 5.92. The van der Waals surface area contributed by atoms with Crippen molar-refractivity contribution >= 4 is 28.5 Å². The number of Topliss-reactive ketones (excluding diaryl/α,β-unsaturated/α-hetero) is 1. The first kappa shape index (κ1) is 20.6. The van der Waals surface area contributed by atoms with Gasteiger partial charge in [0.25, 0.3) is 0 Å². The summed E-state index contributed by atoms with van der Waals surface area (Å²) in [6, 6.07) is 17.5. The number of ketones is 1. The number of fused-ring (bicyclic) bond motifs is 1. The number of carbonyl (C=O) groups is 1. The van der Waals surface area contributed by atoms with E-state index in [0.29, 0.717) is 17.2 Å². The van der Waals surface area contributed by atoms with Crippen molar-refractivity contribution in [3.8, 4) is 11.5 Å². The SMILES string of the molecule is CC(=O)c1cc(Oc2ccc3c(c2)nc(Nc2cccc(C(C)(C)C)c2)n3C)ccn1. The molecule has 158 valence electrons. The Balaban J connectivity index is 1.61. The van der Waals surface area contributed by atoms with Gasteiger partial charge in [-0.2, -0.15) is 0 Å². The van der Waals surface area contributed by atoms with E-state index in [4.69, 9.17) is 9.72 Å². The lowest BCUT2D eigenvalue weighted by atomic mass is 9.87. The van der Waals surface area contributed by atoms with Crippen LogP contribution in [0.25, 0.3) is 11.0 Å². The average Bonchev–Trinajstić information content (AvgIpc) is 3.02. The molecule has 4 rings (SSSR count). The molecule has 0 aliphatic rings. The summed E-state index contributed by atoms with van der Waals surface area (Å²) in [5.41, 5.74) is 4.51. The van der Waals surface area contributed by atoms with E-state index in [1.807, 2.05) is 35.9 Å². The molecule has 4 aromatic rings. The van der Waals surface area contributed by atoms with E-state index in [2.05, 4.69) is 49.3 Å². The molecule has 31 heavy (non-hydrogen) atoms. The molecule has 0 spiro atoms. The second-order valence-electron chi connectivity index (χ2n) is 8.64. The van der Waals surface area contributed by atoms with Crippen molar-refractivity contribution in [1.29, 1.82) is 0 Å². The Morgan fingerprint density at radius 3 is 2.55 bits per heavy atom. The van der Waals surface area contributed by atoms with Crippen LogP contribution in [0.15, 0.2) is 60.8 Å². The summed E-state index contributed by atoms with van der Waals surface area (Å²) >= 11 is 0. The molecule has 6 nitrogen and oxygen atoms in total. The number of hydrogen-bond donors (Lipinski definition) is 1. The molecule has 0 bridgehead atoms. The number of rotatable bonds is 5. The van der Waals surface area contributed by atoms with Gasteiger partial charge in [0.15, 0.2) is 5.78 Å². The highest BCUT2D eigenvalue weighted by Crippen LogP contribution is 2.29. The lowest BCUT2D eigenvalue weighted by Gasteiger charge is -2.20. The molecule has 0 aliphatic heterocycles. The highest BCUT2D eigenvalue weighted by atomic mass is 16.5. The van der Waals surface area contributed by atoms with Crippen LogP contribution in [0, 0.1) is 0 Å². The van der Waals surface area contributed by atoms with Crippen LogP contribution in [0.3, 0.4) is 0 Å². The molecule has 1 N–H and O–H groups in total. The van der Waals surface area contributed by atoms with E-state index >= 15 is 0 Å². The van der Waals surface area contributed by atoms with E-state index in [-0.39, 0.29) is 11.2 Å². The summed E-state index contributed by atoms with van der Waals surface area (Å²) in [4.78, 5) is 20.4. The molecule has 0 fully saturated rings. The van der Waals surface area contributed by atoms with Crippen LogP contribution in [0.2, 0.25) is 0 Å². The Hall–Kier alpha value is -3.67. The van der Waals surface area contributed by atoms with Crippen molar-refractivity contribution in [2.45, 2.75) is 33.1 Å². The van der Waals surface area contributed by atoms with Gasteiger partial charge in [-0.05, 0) is 41.3 Å². The minimum absolute atomic E-state index is 0.0749. The standard InChI is InChI=1S/C25H26N4O2/c1-16(30)21-14-20(11-12-26-21)31-19-9-10-23-22(15-19)28-24(29(23)5)27-18-8-6-7-17(13-18)25(2,3)4/h6-15H,1-5H3,(H,27,28). The third kappa shape index (κ3) is 4.43. The molecule has 0 saturated carbocycles. The molecule has 0 amide bonds. The van der Waals surface area contributed by atoms with E-state index in [9.17, 15) is 4.79 Å². The van der Waals surface area contributed by atoms with Crippen LogP contribution in [-0.2, 0) is 12.5 Å². The first-order valence-electron chi connectivity index (χ1n) is 10.2. The number of nitrogens with one attached hydrogen (secondary N) is 1. The number of carbonyl (C=O) groups excluding carboxylic acids is 1. The lowest BCUT2D eigenvalue weighted by Crippen LogP contribution is -2.11. The maximum Gasteiger partial charge on any atom is 0.208 e. The van der Waals surface area contributed by atoms with Gasteiger partial charge in [-0.1, -0.05) is 32.9 Å². The molecular formula is C25H26N4O2. The van der Waals surface area contributed by atoms with Crippen molar-refractivity contribution in [3.05, 3.63) is 72.1 Å². The Kier molecular flexibility index (Phi) is 5.23. The number of anilines is 2. The topological polar surface area (TPSA) is 69.0 Å². The summed E-state index contributed by atoms with van der Waals surface area (Å²) in [5.74, 6) is 1.86. The van der Waals surface area contributed by atoms with Crippen molar-refractivity contribution in [2.75, 3.05) is 5.32 Å². The van der Waals surface area contributed by atoms with Gasteiger partial charge in [0.1, 0.15) is 17.2 Å². The van der Waals surface area contributed by atoms with Gasteiger partial charge in [-0.15, -0.1) is 0 Å². The monoisotopic (exact) mass is 414 g/mol. The third-order valence-corrected chi connectivity index (χ3v) is 5.16. The molecule has 2 aromatic carbocycles. The van der Waals surface area contributed by atoms with Crippen molar-refractivity contribution < 1.29 is 9.53 Å². The van der Waals surface area contributed by atoms with Gasteiger partial charge >= 0.3 is 0 Å². The van der Waals surface area contributed by atoms with Crippen LogP contribution in [0.4, 0.5) is 11.6 Å². The van der Waals surface area contributed by atoms with Crippen LogP contribution in [0.1, 0.15) is 43.7 Å². The summed E-state index contributed by atoms with van der Waals surface area (Å²) < 4.78 is 7.95. The fourth-order valence-electron chi connectivity index (χ4n) is 3.35. The summed E-state index contributed by atoms with van der Waals surface area (Å²) in [7, 11) is 1.98. The van der Waals surface area contributed by atoms with Crippen molar-refractivity contribution in [3.63, 3.8) is 0 Å². The van der Waals surface area contributed by atoms with Crippen LogP contribution in [0.5, 0.6) is 11.5 Å². The average molecular weight is 415 g/mol. The molecule has 0 saturated heterocycles. The van der Waals surface area contributed by atoms with Crippen LogP contribution in [-0.4, -0.2) is 20.3 Å². The Bertz CT molecular complexity index is 1270. The number of imidazole rings is 1. The smallest absolute Gasteiger partial charge is 0.208 e. The number of pyridine rings is 1. The first-order valence-corrected chi connectivity index (χ1v) is 10.2. The zero-order valence-corrected chi connectivity index (χ0v) is 18.4. The predicted molar refractivity (Wildman–Crippen MR) is 123 cm³/mol. The third-order valence-electron chi connectivity index (χ3n) is 5.16. The Labute approximate surface area is 181 Å². The van der Waals surface area contributed by atoms with E-state index in [1.165, 1.54) is 12.5 Å². The molecule has 6 heteroatoms. The maximum absolute atomic E-state index is 11.6. The lowest BCUT2D eigenvalue weighted by molar-refractivity contribution is 0.101. The fraction of sp³-hybridized carbons (Fsp3) is 0.240. The van der Waals surface area contributed by atoms with Gasteiger partial charge in [0.05, 0.1) is 11.0 Å². The quantitative estimate of drug-likeness (QED) is 0.405. The van der Waals surface area contributed by atoms with Gasteiger partial charge < -0.3 is 14.6 Å². The van der Waals surface area contributed by atoms with Crippen molar-refractivity contribution in [2.24, 2.45) is 7.05 Å². The highest BCUT2D eigenvalue weighted by Gasteiger charge is 2.15. The minimum Gasteiger partial charge on any atom is -0.457 e. The molecule has 0 radical (unpaired) electrons. The fourth-order valence-corrected chi connectivity index (χ4v) is 3.35.